The Morgan fingerprint density at radius 2 is 0.922 bits per heavy atom. The lowest BCUT2D eigenvalue weighted by Crippen LogP contribution is -2.15. The van der Waals surface area contributed by atoms with Crippen LogP contribution in [0.4, 0.5) is 0 Å². The Kier molecular flexibility index (Phi) is 32.6. The molecule has 554 valence electrons. The summed E-state index contributed by atoms with van der Waals surface area (Å²) in [5.74, 6) is 2.99. The minimum Gasteiger partial charge on any atom is -0.497 e. The predicted octanol–water partition coefficient (Wildman–Crippen LogP) is 18.4. The molecule has 30 heteroatoms. The number of benzene rings is 5. The van der Waals surface area contributed by atoms with Crippen molar-refractivity contribution < 1.29 is 61.1 Å². The molecule has 2 atom stereocenters. The average molecular weight is 1620 g/mol. The smallest absolute Gasteiger partial charge is 0.361 e. The normalized spacial score (nSPS) is 15.7. The third kappa shape index (κ3) is 24.4. The number of nitrogens with one attached hydrogen (secondary N) is 2. The van der Waals surface area contributed by atoms with Crippen molar-refractivity contribution in [3.05, 3.63) is 144 Å². The number of carboxylic acid groups (broad SMARTS) is 1. The summed E-state index contributed by atoms with van der Waals surface area (Å²) in [6.45, 7) is 6.97. The van der Waals surface area contributed by atoms with Crippen LogP contribution in [0.5, 0.6) is 28.7 Å². The number of halogens is 5. The predicted molar refractivity (Wildman–Crippen MR) is 399 cm³/mol. The van der Waals surface area contributed by atoms with Gasteiger partial charge in [0.25, 0.3) is 0 Å². The summed E-state index contributed by atoms with van der Waals surface area (Å²) in [6.07, 6.45) is 25.0. The highest BCUT2D eigenvalue weighted by Crippen LogP contribution is 2.39. The van der Waals surface area contributed by atoms with E-state index in [1.54, 1.807) is 62.0 Å². The summed E-state index contributed by atoms with van der Waals surface area (Å²) in [6, 6.07) is 28.7. The van der Waals surface area contributed by atoms with Gasteiger partial charge in [-0.3, -0.25) is 0 Å². The highest BCUT2D eigenvalue weighted by Gasteiger charge is 2.28. The van der Waals surface area contributed by atoms with Crippen molar-refractivity contribution in [1.82, 2.24) is 45.8 Å². The molecule has 22 nitrogen and oxygen atoms in total. The highest BCUT2D eigenvalue weighted by molar-refractivity contribution is 9.10. The molecule has 8 aromatic rings. The number of rotatable bonds is 26. The van der Waals surface area contributed by atoms with E-state index in [1.165, 1.54) is 114 Å². The van der Waals surface area contributed by atoms with Gasteiger partial charge in [-0.2, -0.15) is 10.4 Å². The number of H-pyrrole nitrogens is 2. The molecule has 0 amide bonds. The molecule has 2 unspecified atom stereocenters. The fourth-order valence-electron chi connectivity index (χ4n) is 12.2. The maximum atomic E-state index is 12.9. The Bertz CT molecular complexity index is 4090. The molecule has 0 spiro atoms. The SMILES string of the molecule is CCOC(=O)c1n[nH]nc1S(=O)c1ccc(Cl)c(OCC2CCCCC2)c1.CCOC(=O)c1nnn(Cc2ccc(OC)cc2)c1Sc1ccc(Cl)c(OCC2CCCCC2)c1.Clc1ccc(Br)cc1OCC1CCCCC1.O=C(O)c1n[nH]nc1S(=O)c1ccc(Cl)c(OCC2CCCCC2)c1. The van der Waals surface area contributed by atoms with Crippen molar-refractivity contribution in [3.8, 4) is 28.7 Å². The highest BCUT2D eigenvalue weighted by atomic mass is 79.9. The van der Waals surface area contributed by atoms with Crippen LogP contribution in [-0.2, 0) is 37.6 Å². The van der Waals surface area contributed by atoms with Gasteiger partial charge in [0.15, 0.2) is 10.1 Å². The fraction of sp³-hybridized carbons (Fsp3) is 0.466. The molecule has 103 heavy (non-hydrogen) atoms. The van der Waals surface area contributed by atoms with E-state index < -0.39 is 39.5 Å². The minimum absolute atomic E-state index is 0.0222. The van der Waals surface area contributed by atoms with Crippen LogP contribution in [0.1, 0.15) is 179 Å². The van der Waals surface area contributed by atoms with Gasteiger partial charge in [0.2, 0.25) is 17.1 Å². The summed E-state index contributed by atoms with van der Waals surface area (Å²) >= 11 is 29.7. The van der Waals surface area contributed by atoms with Gasteiger partial charge in [0.05, 0.1) is 73.4 Å². The molecule has 12 rings (SSSR count). The third-order valence-corrected chi connectivity index (χ3v) is 23.2. The summed E-state index contributed by atoms with van der Waals surface area (Å²) < 4.78 is 67.3. The largest absolute Gasteiger partial charge is 0.497 e. The van der Waals surface area contributed by atoms with E-state index in [1.807, 2.05) is 60.7 Å². The number of aromatic amines is 2. The summed E-state index contributed by atoms with van der Waals surface area (Å²) in [4.78, 5) is 37.3. The summed E-state index contributed by atoms with van der Waals surface area (Å²) in [7, 11) is -1.89. The van der Waals surface area contributed by atoms with Gasteiger partial charge in [0, 0.05) is 19.2 Å². The molecule has 4 aliphatic rings. The molecule has 0 saturated heterocycles. The first-order chi connectivity index (χ1) is 50.0. The molecule has 3 heterocycles. The Balaban J connectivity index is 0.000000164. The number of aromatic nitrogens is 9. The Hall–Kier alpha value is -6.78. The van der Waals surface area contributed by atoms with Crippen molar-refractivity contribution in [2.75, 3.05) is 46.8 Å². The van der Waals surface area contributed by atoms with Gasteiger partial charge >= 0.3 is 17.9 Å². The topological polar surface area (TPSA) is 284 Å². The molecule has 5 aromatic carbocycles. The quantitative estimate of drug-likeness (QED) is 0.0425. The van der Waals surface area contributed by atoms with Crippen LogP contribution < -0.4 is 23.7 Å². The second-order valence-electron chi connectivity index (χ2n) is 25.2. The molecular weight excluding hydrogens is 1530 g/mol. The molecule has 4 saturated carbocycles. The zero-order valence-electron chi connectivity index (χ0n) is 57.7. The number of carboxylic acids is 1. The number of ether oxygens (including phenoxy) is 7. The van der Waals surface area contributed by atoms with Crippen molar-refractivity contribution >= 4 is 114 Å². The first kappa shape index (κ1) is 80.3. The standard InChI is InChI=1S/C26H30ClN3O4S.C18H22ClN3O4S.C16H18ClN3O4S.C13H16BrClO/c1-3-33-26(31)24-25(30(29-28-24)16-18-9-11-20(32-2)12-10-18)35-21-13-14-22(27)23(15-21)34-17-19-7-5-4-6-8-19;1-2-25-18(23)16-17(21-22-20-16)27(24)13-8-9-14(19)15(10-13)26-11-12-6-4-3-5-7-12;17-12-7-6-11(25(23)15-14(16(21)22)18-20-19-15)8-13(12)24-9-10-4-2-1-3-5-10;14-11-6-7-12(15)13(8-11)16-9-10-4-2-1-3-5-10/h9-15,19H,3-8,16-17H2,1-2H3;8-10,12H,2-7,11H2,1H3,(H,20,21,22);6-8,10H,1-5,9H2,(H,21,22)(H,18,19,20);6-8,10H,1-5,9H2. The van der Waals surface area contributed by atoms with E-state index in [9.17, 15) is 22.8 Å². The second kappa shape index (κ2) is 41.8. The van der Waals surface area contributed by atoms with Gasteiger partial charge in [-0.1, -0.05) is 168 Å². The molecule has 0 radical (unpaired) electrons. The molecule has 4 aliphatic carbocycles. The Morgan fingerprint density at radius 1 is 0.524 bits per heavy atom. The van der Waals surface area contributed by atoms with Crippen LogP contribution in [0, 0.1) is 23.7 Å². The second-order valence-corrected chi connectivity index (χ2v) is 31.6. The van der Waals surface area contributed by atoms with Gasteiger partial charge in [0.1, 0.15) is 55.4 Å². The number of hydrogen-bond donors (Lipinski definition) is 3. The lowest BCUT2D eigenvalue weighted by molar-refractivity contribution is 0.0505. The summed E-state index contributed by atoms with van der Waals surface area (Å²) in [5, 5.41) is 39.4. The van der Waals surface area contributed by atoms with E-state index in [2.05, 4.69) is 57.1 Å². The van der Waals surface area contributed by atoms with E-state index in [4.69, 9.17) is 84.7 Å². The number of esters is 2. The third-order valence-electron chi connectivity index (χ3n) is 17.7. The number of aromatic carboxylic acids is 1. The van der Waals surface area contributed by atoms with Crippen LogP contribution in [0.3, 0.4) is 0 Å². The van der Waals surface area contributed by atoms with E-state index >= 15 is 0 Å². The van der Waals surface area contributed by atoms with Crippen molar-refractivity contribution in [1.29, 1.82) is 0 Å². The van der Waals surface area contributed by atoms with E-state index in [-0.39, 0.29) is 40.3 Å². The van der Waals surface area contributed by atoms with Crippen LogP contribution in [0.15, 0.2) is 131 Å². The maximum absolute atomic E-state index is 12.9. The first-order valence-electron chi connectivity index (χ1n) is 34.8. The number of nitrogens with zero attached hydrogens (tertiary/aromatic N) is 7. The van der Waals surface area contributed by atoms with Gasteiger partial charge in [-0.25, -0.2) is 27.5 Å². The van der Waals surface area contributed by atoms with E-state index in [0.717, 1.165) is 58.7 Å². The van der Waals surface area contributed by atoms with Crippen LogP contribution in [0.2, 0.25) is 20.1 Å². The maximum Gasteiger partial charge on any atom is 0.361 e. The van der Waals surface area contributed by atoms with Gasteiger partial charge in [-0.05, 0) is 179 Å². The van der Waals surface area contributed by atoms with Crippen molar-refractivity contribution in [2.45, 2.75) is 179 Å². The van der Waals surface area contributed by atoms with Crippen molar-refractivity contribution in [3.63, 3.8) is 0 Å². The van der Waals surface area contributed by atoms with E-state index in [0.29, 0.717) is 102 Å². The zero-order valence-corrected chi connectivity index (χ0v) is 64.8. The minimum atomic E-state index is -1.80. The van der Waals surface area contributed by atoms with Crippen LogP contribution in [0.25, 0.3) is 0 Å². The fourth-order valence-corrected chi connectivity index (χ4v) is 16.3. The number of methoxy groups -OCH3 is 1. The van der Waals surface area contributed by atoms with Gasteiger partial charge in [-0.15, -0.1) is 25.5 Å². The molecule has 3 aromatic heterocycles. The Labute approximate surface area is 637 Å². The monoisotopic (exact) mass is 1610 g/mol. The molecular formula is C73H86BrCl4N9O13S3. The molecule has 4 fully saturated rings. The summed E-state index contributed by atoms with van der Waals surface area (Å²) in [5.41, 5.74) is 0.735. The number of carbonyl (C=O) groups excluding carboxylic acids is 2. The lowest BCUT2D eigenvalue weighted by atomic mass is 9.90. The zero-order chi connectivity index (χ0) is 73.0. The van der Waals surface area contributed by atoms with Gasteiger partial charge < -0.3 is 38.3 Å². The number of hydrogen-bond acceptors (Lipinski definition) is 19. The Morgan fingerprint density at radius 3 is 1.36 bits per heavy atom. The number of carbonyl (C=O) groups is 3. The van der Waals surface area contributed by atoms with Crippen molar-refractivity contribution in [2.24, 2.45) is 23.7 Å². The first-order valence-corrected chi connectivity index (χ1v) is 40.2. The lowest BCUT2D eigenvalue weighted by Gasteiger charge is -2.22. The molecule has 0 bridgehead atoms. The van der Waals surface area contributed by atoms with Crippen LogP contribution >= 0.6 is 74.1 Å². The molecule has 3 N–H and O–H groups in total. The molecule has 0 aliphatic heterocycles. The average Bonchev–Trinajstić information content (AvgIpc) is 1.79. The van der Waals surface area contributed by atoms with Crippen LogP contribution in [-0.4, -0.2) is 124 Å².